The monoisotopic (exact) mass is 790 g/mol. The molecule has 284 valence electrons. The van der Waals surface area contributed by atoms with Gasteiger partial charge in [-0.2, -0.15) is 0 Å². The summed E-state index contributed by atoms with van der Waals surface area (Å²) >= 11 is 3.30. The Labute approximate surface area is 338 Å². The minimum atomic E-state index is -0.447. The van der Waals surface area contributed by atoms with E-state index in [2.05, 4.69) is 88.4 Å². The highest BCUT2D eigenvalue weighted by atomic mass is 32.1. The fourth-order valence-electron chi connectivity index (χ4n) is 7.22. The first-order chi connectivity index (χ1) is 27.6. The van der Waals surface area contributed by atoms with Crippen LogP contribution in [0.15, 0.2) is 119 Å². The van der Waals surface area contributed by atoms with Gasteiger partial charge in [0.25, 0.3) is 0 Å². The number of hydrogen-bond donors (Lipinski definition) is 0. The summed E-state index contributed by atoms with van der Waals surface area (Å²) in [7, 11) is 2.70. The molecule has 1 aliphatic rings. The van der Waals surface area contributed by atoms with E-state index >= 15 is 0 Å². The van der Waals surface area contributed by atoms with Gasteiger partial charge in [-0.25, -0.2) is 9.59 Å². The topological polar surface area (TPSA) is 95.8 Å². The molecule has 0 fully saturated rings. The lowest BCUT2D eigenvalue weighted by molar-refractivity contribution is 0.0592. The molecule has 10 heteroatoms. The average molecular weight is 791 g/mol. The largest absolute Gasteiger partial charge is 0.465 e. The summed E-state index contributed by atoms with van der Waals surface area (Å²) in [5.41, 5.74) is 9.36. The molecule has 7 aromatic rings. The molecule has 0 amide bonds. The molecular weight excluding hydrogens is 753 g/mol. The SMILES string of the molecule is COC(=O)c1ccc(Oc2c(Oc3ccc(C(=O)OC)cc3)c(-c3ccc(-c4c(C)cccc4C)s3)c3c(c2-c2ccc(-c4c(C)cccc4C)s2)=NCN=3)cc1. The number of carbonyl (C=O) groups is 2. The van der Waals surface area contributed by atoms with Gasteiger partial charge in [0.2, 0.25) is 0 Å². The molecule has 0 unspecified atom stereocenters. The van der Waals surface area contributed by atoms with Gasteiger partial charge in [0.15, 0.2) is 11.5 Å². The van der Waals surface area contributed by atoms with Crippen molar-refractivity contribution >= 4 is 34.6 Å². The summed E-state index contributed by atoms with van der Waals surface area (Å²) in [6, 6.07) is 34.7. The van der Waals surface area contributed by atoms with Crippen molar-refractivity contribution in [1.82, 2.24) is 0 Å². The molecule has 8 nitrogen and oxygen atoms in total. The number of nitrogens with zero attached hydrogens (tertiary/aromatic N) is 2. The van der Waals surface area contributed by atoms with Gasteiger partial charge in [0, 0.05) is 19.5 Å². The number of esters is 2. The number of hydrogen-bond acceptors (Lipinski definition) is 10. The zero-order chi connectivity index (χ0) is 39.8. The Morgan fingerprint density at radius 3 is 1.14 bits per heavy atom. The lowest BCUT2D eigenvalue weighted by atomic mass is 10.0. The van der Waals surface area contributed by atoms with Crippen molar-refractivity contribution in [3.05, 3.63) is 153 Å². The second-order valence-electron chi connectivity index (χ2n) is 13.7. The van der Waals surface area contributed by atoms with Crippen molar-refractivity contribution in [3.8, 4) is 64.8 Å². The van der Waals surface area contributed by atoms with E-state index in [1.165, 1.54) is 47.6 Å². The normalized spacial score (nSPS) is 11.7. The van der Waals surface area contributed by atoms with Crippen LogP contribution in [-0.2, 0) is 9.47 Å². The van der Waals surface area contributed by atoms with Crippen LogP contribution in [0.3, 0.4) is 0 Å². The molecule has 0 saturated carbocycles. The van der Waals surface area contributed by atoms with Gasteiger partial charge < -0.3 is 18.9 Å². The first-order valence-corrected chi connectivity index (χ1v) is 19.9. The zero-order valence-electron chi connectivity index (χ0n) is 32.3. The minimum Gasteiger partial charge on any atom is -0.465 e. The molecule has 3 heterocycles. The first kappa shape index (κ1) is 37.6. The third kappa shape index (κ3) is 7.14. The number of carbonyl (C=O) groups excluding carboxylic acids is 2. The number of benzene rings is 5. The quantitative estimate of drug-likeness (QED) is 0.128. The number of ether oxygens (including phenoxy) is 4. The predicted octanol–water partition coefficient (Wildman–Crippen LogP) is 11.1. The average Bonchev–Trinajstić information content (AvgIpc) is 4.01. The van der Waals surface area contributed by atoms with Crippen LogP contribution in [0.2, 0.25) is 0 Å². The van der Waals surface area contributed by atoms with Gasteiger partial charge in [0.05, 0.1) is 47.2 Å². The highest BCUT2D eigenvalue weighted by Crippen LogP contribution is 2.50. The maximum Gasteiger partial charge on any atom is 0.337 e. The van der Waals surface area contributed by atoms with Gasteiger partial charge in [-0.3, -0.25) is 9.98 Å². The van der Waals surface area contributed by atoms with Gasteiger partial charge in [-0.15, -0.1) is 22.7 Å². The number of rotatable bonds is 10. The number of fused-ring (bicyclic) bond motifs is 1. The lowest BCUT2D eigenvalue weighted by Crippen LogP contribution is -2.27. The molecule has 8 rings (SSSR count). The van der Waals surface area contributed by atoms with E-state index in [9.17, 15) is 9.59 Å². The van der Waals surface area contributed by atoms with Crippen LogP contribution >= 0.6 is 22.7 Å². The molecule has 0 spiro atoms. The predicted molar refractivity (Wildman–Crippen MR) is 226 cm³/mol. The van der Waals surface area contributed by atoms with E-state index in [4.69, 9.17) is 28.9 Å². The minimum absolute atomic E-state index is 0.240. The Hall–Kier alpha value is -6.36. The molecule has 1 aliphatic heterocycles. The molecule has 0 bridgehead atoms. The van der Waals surface area contributed by atoms with E-state index in [0.29, 0.717) is 44.8 Å². The standard InChI is InChI=1S/C47H38N2O6S2/c1-26-9-7-10-27(2)38(26)34-21-23-36(56-34)40-42-43(49-25-48-42)41(37-24-22-35(57-37)39-28(3)11-8-12-29(39)4)45(55-33-19-15-31(16-20-33)47(51)53-6)44(40)54-32-17-13-30(14-18-32)46(50)52-5/h7-24H,25H2,1-6H3. The van der Waals surface area contributed by atoms with Crippen LogP contribution in [0.5, 0.6) is 23.0 Å². The summed E-state index contributed by atoms with van der Waals surface area (Å²) in [4.78, 5) is 38.8. The van der Waals surface area contributed by atoms with E-state index in [1.807, 2.05) is 0 Å². The Kier molecular flexibility index (Phi) is 10.3. The van der Waals surface area contributed by atoms with Crippen molar-refractivity contribution in [3.63, 3.8) is 0 Å². The second kappa shape index (κ2) is 15.6. The number of aryl methyl sites for hydroxylation is 4. The molecule has 0 N–H and O–H groups in total. The summed E-state index contributed by atoms with van der Waals surface area (Å²) in [5.74, 6) is 0.927. The van der Waals surface area contributed by atoms with E-state index in [-0.39, 0.29) is 6.67 Å². The zero-order valence-corrected chi connectivity index (χ0v) is 33.9. The smallest absolute Gasteiger partial charge is 0.337 e. The van der Waals surface area contributed by atoms with Crippen molar-refractivity contribution in [2.75, 3.05) is 20.9 Å². The van der Waals surface area contributed by atoms with Crippen molar-refractivity contribution in [2.45, 2.75) is 27.7 Å². The number of thiophene rings is 2. The lowest BCUT2D eigenvalue weighted by Gasteiger charge is -2.19. The van der Waals surface area contributed by atoms with Crippen LogP contribution in [0.4, 0.5) is 0 Å². The van der Waals surface area contributed by atoms with E-state index < -0.39 is 11.9 Å². The van der Waals surface area contributed by atoms with Crippen LogP contribution in [0, 0.1) is 27.7 Å². The molecule has 0 radical (unpaired) electrons. The van der Waals surface area contributed by atoms with Gasteiger partial charge in [0.1, 0.15) is 18.2 Å². The third-order valence-corrected chi connectivity index (χ3v) is 12.2. The molecule has 0 saturated heterocycles. The highest BCUT2D eigenvalue weighted by molar-refractivity contribution is 7.19. The van der Waals surface area contributed by atoms with Crippen LogP contribution in [0.1, 0.15) is 43.0 Å². The number of methoxy groups -OCH3 is 2. The first-order valence-electron chi connectivity index (χ1n) is 18.3. The molecule has 57 heavy (non-hydrogen) atoms. The van der Waals surface area contributed by atoms with E-state index in [1.54, 1.807) is 71.2 Å². The summed E-state index contributed by atoms with van der Waals surface area (Å²) in [5, 5.41) is 1.41. The molecule has 0 atom stereocenters. The molecular formula is C47H38N2O6S2. The maximum absolute atomic E-state index is 12.4. The summed E-state index contributed by atoms with van der Waals surface area (Å²) in [6.45, 7) is 8.74. The van der Waals surface area contributed by atoms with E-state index in [0.717, 1.165) is 30.6 Å². The summed E-state index contributed by atoms with van der Waals surface area (Å²) in [6.07, 6.45) is 0. The van der Waals surface area contributed by atoms with Gasteiger partial charge in [-0.05, 0) is 134 Å². The van der Waals surface area contributed by atoms with Crippen molar-refractivity contribution in [2.24, 2.45) is 9.98 Å². The molecule has 0 aliphatic carbocycles. The molecule has 2 aromatic heterocycles. The van der Waals surface area contributed by atoms with Crippen LogP contribution < -0.4 is 20.2 Å². The van der Waals surface area contributed by atoms with Crippen molar-refractivity contribution < 1.29 is 28.5 Å². The third-order valence-electron chi connectivity index (χ3n) is 9.97. The van der Waals surface area contributed by atoms with Crippen LogP contribution in [-0.4, -0.2) is 32.8 Å². The Morgan fingerprint density at radius 2 is 0.807 bits per heavy atom. The fourth-order valence-corrected chi connectivity index (χ4v) is 9.67. The summed E-state index contributed by atoms with van der Waals surface area (Å²) < 4.78 is 23.8. The fraction of sp³-hybridized carbons (Fsp3) is 0.149. The Bertz CT molecular complexity index is 2590. The van der Waals surface area contributed by atoms with Gasteiger partial charge in [-0.1, -0.05) is 36.4 Å². The van der Waals surface area contributed by atoms with Gasteiger partial charge >= 0.3 is 11.9 Å². The maximum atomic E-state index is 12.4. The molecule has 5 aromatic carbocycles. The van der Waals surface area contributed by atoms with Crippen molar-refractivity contribution in [1.29, 1.82) is 0 Å². The Morgan fingerprint density at radius 1 is 0.474 bits per heavy atom. The van der Waals surface area contributed by atoms with Crippen LogP contribution in [0.25, 0.3) is 41.8 Å². The highest BCUT2D eigenvalue weighted by Gasteiger charge is 2.29. The second-order valence-corrected chi connectivity index (χ2v) is 15.8. The Balaban J connectivity index is 1.40.